The number of sulfonamides is 1. The molecule has 0 amide bonds. The zero-order chi connectivity index (χ0) is 14.5. The first kappa shape index (κ1) is 16.9. The Morgan fingerprint density at radius 1 is 1.32 bits per heavy atom. The minimum atomic E-state index is -3.23. The van der Waals surface area contributed by atoms with Gasteiger partial charge >= 0.3 is 0 Å². The zero-order valence-corrected chi connectivity index (χ0v) is 13.2. The molecule has 0 aromatic carbocycles. The maximum atomic E-state index is 12.7. The van der Waals surface area contributed by atoms with Crippen LogP contribution in [0.15, 0.2) is 0 Å². The summed E-state index contributed by atoms with van der Waals surface area (Å²) in [5, 5.41) is -0.290. The summed E-state index contributed by atoms with van der Waals surface area (Å²) in [5.41, 5.74) is 5.54. The first-order valence-corrected chi connectivity index (χ1v) is 8.60. The predicted molar refractivity (Wildman–Crippen MR) is 77.5 cm³/mol. The van der Waals surface area contributed by atoms with E-state index in [1.54, 1.807) is 4.31 Å². The molecule has 1 fully saturated rings. The smallest absolute Gasteiger partial charge is 0.217 e. The fraction of sp³-hybridized carbons (Fsp3) is 1.00. The van der Waals surface area contributed by atoms with Gasteiger partial charge in [-0.25, -0.2) is 12.7 Å². The average molecular weight is 292 g/mol. The van der Waals surface area contributed by atoms with E-state index >= 15 is 0 Å². The monoisotopic (exact) mass is 292 g/mol. The third-order valence-corrected chi connectivity index (χ3v) is 5.92. The van der Waals surface area contributed by atoms with Crippen LogP contribution in [-0.4, -0.2) is 50.8 Å². The van der Waals surface area contributed by atoms with Gasteiger partial charge in [0.2, 0.25) is 10.0 Å². The number of nitrogens with zero attached hydrogens (tertiary/aromatic N) is 1. The van der Waals surface area contributed by atoms with Gasteiger partial charge in [0.1, 0.15) is 0 Å². The quantitative estimate of drug-likeness (QED) is 0.765. The van der Waals surface area contributed by atoms with Crippen LogP contribution in [0.1, 0.15) is 40.0 Å². The van der Waals surface area contributed by atoms with Crippen LogP contribution in [0.4, 0.5) is 0 Å². The van der Waals surface area contributed by atoms with Crippen molar-refractivity contribution < 1.29 is 13.2 Å². The summed E-state index contributed by atoms with van der Waals surface area (Å²) in [6, 6.07) is 0. The summed E-state index contributed by atoms with van der Waals surface area (Å²) < 4.78 is 32.3. The van der Waals surface area contributed by atoms with Gasteiger partial charge in [-0.05, 0) is 31.2 Å². The van der Waals surface area contributed by atoms with Gasteiger partial charge in [-0.2, -0.15) is 0 Å². The highest BCUT2D eigenvalue weighted by Crippen LogP contribution is 2.24. The molecule has 1 heterocycles. The highest BCUT2D eigenvalue weighted by molar-refractivity contribution is 7.89. The normalized spacial score (nSPS) is 19.0. The van der Waals surface area contributed by atoms with E-state index in [0.717, 1.165) is 6.42 Å². The van der Waals surface area contributed by atoms with E-state index in [2.05, 4.69) is 0 Å². The number of hydrogen-bond donors (Lipinski definition) is 1. The van der Waals surface area contributed by atoms with E-state index in [9.17, 15) is 8.42 Å². The molecule has 1 aliphatic rings. The molecule has 1 rings (SSSR count). The van der Waals surface area contributed by atoms with E-state index in [1.165, 1.54) is 0 Å². The Morgan fingerprint density at radius 2 is 1.89 bits per heavy atom. The van der Waals surface area contributed by atoms with Crippen molar-refractivity contribution in [1.29, 1.82) is 0 Å². The molecule has 6 heteroatoms. The maximum Gasteiger partial charge on any atom is 0.217 e. The van der Waals surface area contributed by atoms with Crippen LogP contribution in [0.3, 0.4) is 0 Å². The molecule has 1 saturated heterocycles. The molecule has 1 aliphatic heterocycles. The largest absolute Gasteiger partial charge is 0.381 e. The molecule has 0 atom stereocenters. The number of ether oxygens (including phenoxy) is 1. The lowest BCUT2D eigenvalue weighted by molar-refractivity contribution is 0.0968. The predicted octanol–water partition coefficient (Wildman–Crippen LogP) is 1.19. The second-order valence-corrected chi connectivity index (χ2v) is 8.27. The third kappa shape index (κ3) is 4.70. The van der Waals surface area contributed by atoms with Crippen LogP contribution in [0.5, 0.6) is 0 Å². The minimum Gasteiger partial charge on any atom is -0.381 e. The SMILES string of the molecule is CCCN(CC(C)(C)CN)S(=O)(=O)C1CCOCC1. The number of rotatable bonds is 7. The van der Waals surface area contributed by atoms with Gasteiger partial charge < -0.3 is 10.5 Å². The molecular weight excluding hydrogens is 264 g/mol. The Morgan fingerprint density at radius 3 is 2.37 bits per heavy atom. The van der Waals surface area contributed by atoms with Crippen LogP contribution in [0, 0.1) is 5.41 Å². The Bertz CT molecular complexity index is 362. The summed E-state index contributed by atoms with van der Waals surface area (Å²) in [5.74, 6) is 0. The molecule has 0 spiro atoms. The Kier molecular flexibility index (Phi) is 6.23. The lowest BCUT2D eigenvalue weighted by atomic mass is 9.94. The lowest BCUT2D eigenvalue weighted by Crippen LogP contribution is -2.47. The molecule has 0 saturated carbocycles. The summed E-state index contributed by atoms with van der Waals surface area (Å²) >= 11 is 0. The lowest BCUT2D eigenvalue weighted by Gasteiger charge is -2.34. The molecule has 0 aliphatic carbocycles. The molecule has 0 aromatic rings. The van der Waals surface area contributed by atoms with E-state index in [4.69, 9.17) is 10.5 Å². The molecule has 19 heavy (non-hydrogen) atoms. The second kappa shape index (κ2) is 7.02. The highest BCUT2D eigenvalue weighted by atomic mass is 32.2. The molecule has 0 unspecified atom stereocenters. The molecular formula is C13H28N2O3S. The minimum absolute atomic E-state index is 0.187. The van der Waals surface area contributed by atoms with Gasteiger partial charge in [0.05, 0.1) is 5.25 Å². The summed E-state index contributed by atoms with van der Waals surface area (Å²) in [7, 11) is -3.23. The highest BCUT2D eigenvalue weighted by Gasteiger charge is 2.35. The molecule has 2 N–H and O–H groups in total. The van der Waals surface area contributed by atoms with E-state index in [1.807, 2.05) is 20.8 Å². The Hall–Kier alpha value is -0.170. The van der Waals surface area contributed by atoms with Gasteiger partial charge in [0, 0.05) is 26.3 Å². The van der Waals surface area contributed by atoms with Crippen molar-refractivity contribution in [3.8, 4) is 0 Å². The van der Waals surface area contributed by atoms with Crippen molar-refractivity contribution in [2.24, 2.45) is 11.1 Å². The van der Waals surface area contributed by atoms with Crippen molar-refractivity contribution in [2.75, 3.05) is 32.8 Å². The maximum absolute atomic E-state index is 12.7. The van der Waals surface area contributed by atoms with Crippen LogP contribution in [-0.2, 0) is 14.8 Å². The number of hydrogen-bond acceptors (Lipinski definition) is 4. The van der Waals surface area contributed by atoms with Crippen molar-refractivity contribution in [1.82, 2.24) is 4.31 Å². The molecule has 0 radical (unpaired) electrons. The molecule has 5 nitrogen and oxygen atoms in total. The van der Waals surface area contributed by atoms with Crippen LogP contribution in [0.2, 0.25) is 0 Å². The molecule has 0 aromatic heterocycles. The second-order valence-electron chi connectivity index (χ2n) is 6.06. The fourth-order valence-corrected chi connectivity index (χ4v) is 4.45. The van der Waals surface area contributed by atoms with Crippen molar-refractivity contribution >= 4 is 10.0 Å². The summed E-state index contributed by atoms with van der Waals surface area (Å²) in [6.07, 6.45) is 2.03. The summed E-state index contributed by atoms with van der Waals surface area (Å²) in [4.78, 5) is 0. The fourth-order valence-electron chi connectivity index (χ4n) is 2.27. The van der Waals surface area contributed by atoms with Gasteiger partial charge in [-0.1, -0.05) is 20.8 Å². The average Bonchev–Trinajstić information content (AvgIpc) is 2.39. The first-order chi connectivity index (χ1) is 8.83. The van der Waals surface area contributed by atoms with Gasteiger partial charge in [-0.3, -0.25) is 0 Å². The van der Waals surface area contributed by atoms with Gasteiger partial charge in [0.25, 0.3) is 0 Å². The van der Waals surface area contributed by atoms with Crippen molar-refractivity contribution in [3.63, 3.8) is 0 Å². The van der Waals surface area contributed by atoms with Crippen LogP contribution in [0.25, 0.3) is 0 Å². The van der Waals surface area contributed by atoms with Crippen molar-refractivity contribution in [2.45, 2.75) is 45.3 Å². The van der Waals surface area contributed by atoms with Gasteiger partial charge in [-0.15, -0.1) is 0 Å². The van der Waals surface area contributed by atoms with Crippen molar-refractivity contribution in [3.05, 3.63) is 0 Å². The van der Waals surface area contributed by atoms with E-state index in [0.29, 0.717) is 45.7 Å². The Balaban J connectivity index is 2.83. The van der Waals surface area contributed by atoms with Crippen LogP contribution < -0.4 is 5.73 Å². The molecule has 114 valence electrons. The third-order valence-electron chi connectivity index (χ3n) is 3.58. The van der Waals surface area contributed by atoms with E-state index < -0.39 is 10.0 Å². The first-order valence-electron chi connectivity index (χ1n) is 7.10. The molecule has 0 bridgehead atoms. The topological polar surface area (TPSA) is 72.6 Å². The van der Waals surface area contributed by atoms with Gasteiger partial charge in [0.15, 0.2) is 0 Å². The summed E-state index contributed by atoms with van der Waals surface area (Å²) in [6.45, 7) is 8.66. The van der Waals surface area contributed by atoms with E-state index in [-0.39, 0.29) is 10.7 Å². The van der Waals surface area contributed by atoms with Crippen LogP contribution >= 0.6 is 0 Å². The Labute approximate surface area is 117 Å². The zero-order valence-electron chi connectivity index (χ0n) is 12.4. The number of nitrogens with two attached hydrogens (primary N) is 1. The standard InChI is InChI=1S/C13H28N2O3S/c1-4-7-15(11-13(2,3)10-14)19(16,17)12-5-8-18-9-6-12/h12H,4-11,14H2,1-3H3.